The van der Waals surface area contributed by atoms with Gasteiger partial charge in [0.2, 0.25) is 5.91 Å². The Labute approximate surface area is 198 Å². The van der Waals surface area contributed by atoms with Crippen molar-refractivity contribution in [2.24, 2.45) is 0 Å². The van der Waals surface area contributed by atoms with Crippen LogP contribution in [0.3, 0.4) is 0 Å². The van der Waals surface area contributed by atoms with Crippen LogP contribution < -0.4 is 10.1 Å². The number of aromatic nitrogens is 3. The molecule has 0 fully saturated rings. The Balaban J connectivity index is 1.52. The van der Waals surface area contributed by atoms with Gasteiger partial charge in [-0.2, -0.15) is 4.98 Å². The van der Waals surface area contributed by atoms with E-state index in [1.165, 1.54) is 11.8 Å². The van der Waals surface area contributed by atoms with E-state index in [0.717, 1.165) is 27.4 Å². The van der Waals surface area contributed by atoms with E-state index in [-0.39, 0.29) is 12.0 Å². The van der Waals surface area contributed by atoms with Crippen molar-refractivity contribution in [2.75, 3.05) is 11.1 Å². The first-order chi connectivity index (χ1) is 16.0. The van der Waals surface area contributed by atoms with Gasteiger partial charge < -0.3 is 10.1 Å². The molecule has 0 aliphatic carbocycles. The van der Waals surface area contributed by atoms with Crippen LogP contribution in [0.1, 0.15) is 19.4 Å². The molecule has 0 radical (unpaired) electrons. The van der Waals surface area contributed by atoms with Gasteiger partial charge in [0.05, 0.1) is 17.5 Å². The molecule has 1 aromatic heterocycles. The van der Waals surface area contributed by atoms with Crippen LogP contribution in [0.15, 0.2) is 83.8 Å². The first kappa shape index (κ1) is 22.6. The molecule has 0 unspecified atom stereocenters. The maximum Gasteiger partial charge on any atom is 0.336 e. The lowest BCUT2D eigenvalue weighted by atomic mass is 10.1. The molecule has 0 saturated carbocycles. The minimum Gasteiger partial charge on any atom is -0.460 e. The van der Waals surface area contributed by atoms with Crippen LogP contribution in [0.2, 0.25) is 0 Å². The Hall–Kier alpha value is -3.58. The quantitative estimate of drug-likeness (QED) is 0.340. The van der Waals surface area contributed by atoms with Gasteiger partial charge in [0.1, 0.15) is 0 Å². The van der Waals surface area contributed by atoms with E-state index in [1.807, 2.05) is 99.6 Å². The fourth-order valence-electron chi connectivity index (χ4n) is 3.28. The Morgan fingerprint density at radius 3 is 2.39 bits per heavy atom. The number of anilines is 1. The van der Waals surface area contributed by atoms with Crippen LogP contribution in [0.25, 0.3) is 17.1 Å². The number of thioether (sulfide) groups is 1. The fraction of sp³-hybridized carbons (Fsp3) is 0.192. The van der Waals surface area contributed by atoms with E-state index in [2.05, 4.69) is 15.4 Å². The third-order valence-electron chi connectivity index (χ3n) is 4.82. The number of aryl methyl sites for hydroxylation is 1. The summed E-state index contributed by atoms with van der Waals surface area (Å²) < 4.78 is 7.53. The first-order valence-corrected chi connectivity index (χ1v) is 11.8. The summed E-state index contributed by atoms with van der Waals surface area (Å²) in [4.78, 5) is 18.1. The molecule has 0 atom stereocenters. The van der Waals surface area contributed by atoms with Gasteiger partial charge >= 0.3 is 6.01 Å². The average molecular weight is 459 g/mol. The molecule has 4 rings (SSSR count). The molecule has 6 nitrogen and oxygen atoms in total. The van der Waals surface area contributed by atoms with E-state index in [4.69, 9.17) is 4.74 Å². The Kier molecular flexibility index (Phi) is 7.10. The molecular formula is C26H26N4O2S. The topological polar surface area (TPSA) is 69.0 Å². The lowest BCUT2D eigenvalue weighted by Gasteiger charge is -2.09. The van der Waals surface area contributed by atoms with Gasteiger partial charge in [0, 0.05) is 16.1 Å². The van der Waals surface area contributed by atoms with Crippen molar-refractivity contribution < 1.29 is 9.53 Å². The highest BCUT2D eigenvalue weighted by Crippen LogP contribution is 2.27. The van der Waals surface area contributed by atoms with E-state index < -0.39 is 0 Å². The monoisotopic (exact) mass is 458 g/mol. The van der Waals surface area contributed by atoms with Crippen LogP contribution in [-0.2, 0) is 4.79 Å². The number of carbonyl (C=O) groups is 1. The second-order valence-electron chi connectivity index (χ2n) is 7.81. The SMILES string of the molecule is Cc1ccccc1-c1nc(OC(C)C)nn1-c1ccc(NC(=O)CSc2ccccc2)cc1. The Morgan fingerprint density at radius 1 is 1.00 bits per heavy atom. The summed E-state index contributed by atoms with van der Waals surface area (Å²) in [6.07, 6.45) is -0.0306. The first-order valence-electron chi connectivity index (χ1n) is 10.8. The second kappa shape index (κ2) is 10.4. The molecule has 0 saturated heterocycles. The van der Waals surface area contributed by atoms with Crippen molar-refractivity contribution in [3.8, 4) is 23.1 Å². The zero-order valence-corrected chi connectivity index (χ0v) is 19.7. The van der Waals surface area contributed by atoms with Gasteiger partial charge in [-0.15, -0.1) is 16.9 Å². The molecule has 0 bridgehead atoms. The van der Waals surface area contributed by atoms with E-state index in [9.17, 15) is 4.79 Å². The molecule has 3 aromatic carbocycles. The number of nitrogens with zero attached hydrogens (tertiary/aromatic N) is 3. The van der Waals surface area contributed by atoms with Crippen LogP contribution in [0.5, 0.6) is 6.01 Å². The summed E-state index contributed by atoms with van der Waals surface area (Å²) in [6.45, 7) is 5.94. The zero-order chi connectivity index (χ0) is 23.2. The minimum atomic E-state index is -0.0504. The molecule has 1 N–H and O–H groups in total. The maximum atomic E-state index is 12.3. The maximum absolute atomic E-state index is 12.3. The molecule has 1 heterocycles. The number of hydrogen-bond acceptors (Lipinski definition) is 5. The third kappa shape index (κ3) is 5.81. The number of ether oxygens (including phenoxy) is 1. The number of nitrogens with one attached hydrogen (secondary N) is 1. The van der Waals surface area contributed by atoms with Crippen molar-refractivity contribution in [1.82, 2.24) is 14.8 Å². The zero-order valence-electron chi connectivity index (χ0n) is 18.9. The summed E-state index contributed by atoms with van der Waals surface area (Å²) in [7, 11) is 0. The molecule has 0 aliphatic rings. The minimum absolute atomic E-state index is 0.0306. The van der Waals surface area contributed by atoms with Gasteiger partial charge in [0.15, 0.2) is 5.82 Å². The molecule has 0 aliphatic heterocycles. The number of hydrogen-bond donors (Lipinski definition) is 1. The molecular weight excluding hydrogens is 432 g/mol. The highest BCUT2D eigenvalue weighted by molar-refractivity contribution is 8.00. The normalized spacial score (nSPS) is 10.9. The van der Waals surface area contributed by atoms with Crippen molar-refractivity contribution >= 4 is 23.4 Å². The van der Waals surface area contributed by atoms with E-state index in [0.29, 0.717) is 17.6 Å². The molecule has 33 heavy (non-hydrogen) atoms. The Morgan fingerprint density at radius 2 is 1.70 bits per heavy atom. The third-order valence-corrected chi connectivity index (χ3v) is 5.84. The molecule has 0 spiro atoms. The molecule has 4 aromatic rings. The molecule has 168 valence electrons. The Bertz CT molecular complexity index is 1220. The summed E-state index contributed by atoms with van der Waals surface area (Å²) in [5.41, 5.74) is 3.64. The fourth-order valence-corrected chi connectivity index (χ4v) is 4.00. The van der Waals surface area contributed by atoms with Gasteiger partial charge in [-0.25, -0.2) is 4.68 Å². The van der Waals surface area contributed by atoms with Crippen LogP contribution >= 0.6 is 11.8 Å². The predicted molar refractivity (Wildman–Crippen MR) is 133 cm³/mol. The molecule has 1 amide bonds. The van der Waals surface area contributed by atoms with Crippen molar-refractivity contribution in [3.63, 3.8) is 0 Å². The molecule has 7 heteroatoms. The number of amides is 1. The highest BCUT2D eigenvalue weighted by atomic mass is 32.2. The largest absolute Gasteiger partial charge is 0.460 e. The smallest absolute Gasteiger partial charge is 0.336 e. The average Bonchev–Trinajstić information content (AvgIpc) is 3.22. The van der Waals surface area contributed by atoms with Crippen LogP contribution in [0, 0.1) is 6.92 Å². The van der Waals surface area contributed by atoms with Gasteiger partial charge in [0.25, 0.3) is 0 Å². The van der Waals surface area contributed by atoms with Crippen molar-refractivity contribution in [3.05, 3.63) is 84.4 Å². The lowest BCUT2D eigenvalue weighted by molar-refractivity contribution is -0.113. The van der Waals surface area contributed by atoms with Gasteiger partial charge in [-0.3, -0.25) is 4.79 Å². The van der Waals surface area contributed by atoms with Crippen molar-refractivity contribution in [1.29, 1.82) is 0 Å². The summed E-state index contributed by atoms with van der Waals surface area (Å²) in [5, 5.41) is 7.53. The second-order valence-corrected chi connectivity index (χ2v) is 8.86. The van der Waals surface area contributed by atoms with Gasteiger partial charge in [-0.1, -0.05) is 42.5 Å². The van der Waals surface area contributed by atoms with Crippen LogP contribution in [0.4, 0.5) is 5.69 Å². The highest BCUT2D eigenvalue weighted by Gasteiger charge is 2.17. The number of benzene rings is 3. The number of rotatable bonds is 8. The number of carbonyl (C=O) groups excluding carboxylic acids is 1. The summed E-state index contributed by atoms with van der Waals surface area (Å²) >= 11 is 1.51. The summed E-state index contributed by atoms with van der Waals surface area (Å²) in [6, 6.07) is 25.8. The van der Waals surface area contributed by atoms with Crippen molar-refractivity contribution in [2.45, 2.75) is 31.8 Å². The predicted octanol–water partition coefficient (Wildman–Crippen LogP) is 5.76. The summed E-state index contributed by atoms with van der Waals surface area (Å²) in [5.74, 6) is 1.01. The lowest BCUT2D eigenvalue weighted by Crippen LogP contribution is -2.14. The van der Waals surface area contributed by atoms with Gasteiger partial charge in [-0.05, 0) is 62.7 Å². The standard InChI is InChI=1S/C26H26N4O2S/c1-18(2)32-26-28-25(23-12-8-7-9-19(23)3)30(29-26)21-15-13-20(14-16-21)27-24(31)17-33-22-10-5-4-6-11-22/h4-16,18H,17H2,1-3H3,(H,27,31). The van der Waals surface area contributed by atoms with E-state index in [1.54, 1.807) is 4.68 Å². The van der Waals surface area contributed by atoms with Crippen LogP contribution in [-0.4, -0.2) is 32.5 Å². The van der Waals surface area contributed by atoms with E-state index >= 15 is 0 Å².